The molecule has 0 spiro atoms. The second-order valence-corrected chi connectivity index (χ2v) is 19.0. The van der Waals surface area contributed by atoms with Crippen LogP contribution in [0.25, 0.3) is 0 Å². The number of amides is 2. The van der Waals surface area contributed by atoms with Gasteiger partial charge in [-0.3, -0.25) is 9.59 Å². The highest BCUT2D eigenvalue weighted by Gasteiger charge is 2.40. The molecule has 3 rings (SSSR count). The number of carbonyl (C=O) groups is 2. The van der Waals surface area contributed by atoms with Crippen LogP contribution in [-0.2, 0) is 6.42 Å². The van der Waals surface area contributed by atoms with Gasteiger partial charge < -0.3 is 9.53 Å². The molecule has 1 heterocycles. The largest absolute Gasteiger partial charge is 0.543 e. The van der Waals surface area contributed by atoms with Crippen molar-refractivity contribution in [3.05, 3.63) is 53.1 Å². The third-order valence-electron chi connectivity index (χ3n) is 8.79. The number of aromatic hydroxyl groups is 1. The summed E-state index contributed by atoms with van der Waals surface area (Å²) in [6.45, 7) is 13.2. The zero-order chi connectivity index (χ0) is 30.8. The molecular formula is C35H53NO4SSi. The first kappa shape index (κ1) is 34.2. The van der Waals surface area contributed by atoms with Crippen LogP contribution in [0.5, 0.6) is 11.5 Å². The molecule has 1 N–H and O–H groups in total. The molecule has 1 aliphatic heterocycles. The Bertz CT molecular complexity index is 1150. The Labute approximate surface area is 260 Å². The van der Waals surface area contributed by atoms with Gasteiger partial charge in [0.05, 0.1) is 16.0 Å². The molecular weight excluding hydrogens is 559 g/mol. The number of benzene rings is 2. The zero-order valence-corrected chi connectivity index (χ0v) is 28.7. The summed E-state index contributed by atoms with van der Waals surface area (Å²) in [5.41, 5.74) is 1.74. The maximum atomic E-state index is 13.1. The van der Waals surface area contributed by atoms with Gasteiger partial charge in [0.1, 0.15) is 11.5 Å². The van der Waals surface area contributed by atoms with E-state index in [1.54, 1.807) is 30.3 Å². The molecule has 2 aromatic carbocycles. The lowest BCUT2D eigenvalue weighted by Gasteiger charge is -2.36. The molecule has 5 nitrogen and oxygen atoms in total. The fourth-order valence-electron chi connectivity index (χ4n) is 5.12. The minimum Gasteiger partial charge on any atom is -0.543 e. The Morgan fingerprint density at radius 3 is 1.74 bits per heavy atom. The Balaban J connectivity index is 1.61. The monoisotopic (exact) mass is 611 g/mol. The molecule has 0 bridgehead atoms. The number of unbranched alkanes of at least 4 members (excludes halogenated alkanes) is 12. The molecule has 0 atom stereocenters. The summed E-state index contributed by atoms with van der Waals surface area (Å²) in [7, 11) is -2.12. The fourth-order valence-corrected chi connectivity index (χ4v) is 7.11. The molecule has 232 valence electrons. The minimum atomic E-state index is -2.12. The van der Waals surface area contributed by atoms with Crippen molar-refractivity contribution in [1.82, 2.24) is 4.31 Å². The summed E-state index contributed by atoms with van der Waals surface area (Å²) in [5.74, 6) is 0.0370. The van der Waals surface area contributed by atoms with E-state index in [1.165, 1.54) is 74.9 Å². The van der Waals surface area contributed by atoms with Crippen LogP contribution >= 0.6 is 11.9 Å². The maximum Gasteiger partial charge on any atom is 0.272 e. The van der Waals surface area contributed by atoms with Crippen molar-refractivity contribution in [2.75, 3.05) is 0 Å². The SMILES string of the molecule is CCCCCCCCCCCCCCCc1cc(O[Si](C)(C)C(C)(C)C)cc(O)c1SN1C(=O)c2ccccc2C1=O. The van der Waals surface area contributed by atoms with Crippen LogP contribution in [0, 0.1) is 0 Å². The first-order valence-corrected chi connectivity index (χ1v) is 19.8. The Morgan fingerprint density at radius 1 is 0.786 bits per heavy atom. The molecule has 2 aromatic rings. The van der Waals surface area contributed by atoms with E-state index in [0.29, 0.717) is 21.8 Å². The Hall–Kier alpha value is -2.25. The van der Waals surface area contributed by atoms with Gasteiger partial charge in [-0.1, -0.05) is 117 Å². The molecule has 0 fully saturated rings. The van der Waals surface area contributed by atoms with Crippen molar-refractivity contribution in [3.8, 4) is 11.5 Å². The van der Waals surface area contributed by atoms with E-state index < -0.39 is 8.32 Å². The van der Waals surface area contributed by atoms with Gasteiger partial charge in [0.15, 0.2) is 0 Å². The second-order valence-electron chi connectivity index (χ2n) is 13.3. The van der Waals surface area contributed by atoms with Crippen LogP contribution in [0.3, 0.4) is 0 Å². The number of hydrogen-bond donors (Lipinski definition) is 1. The van der Waals surface area contributed by atoms with Crippen LogP contribution in [-0.4, -0.2) is 29.5 Å². The smallest absolute Gasteiger partial charge is 0.272 e. The van der Waals surface area contributed by atoms with Gasteiger partial charge in [0, 0.05) is 18.0 Å². The van der Waals surface area contributed by atoms with E-state index in [4.69, 9.17) is 4.43 Å². The highest BCUT2D eigenvalue weighted by atomic mass is 32.2. The molecule has 0 aliphatic carbocycles. The molecule has 7 heteroatoms. The van der Waals surface area contributed by atoms with E-state index >= 15 is 0 Å². The summed E-state index contributed by atoms with van der Waals surface area (Å²) in [4.78, 5) is 26.7. The van der Waals surface area contributed by atoms with E-state index in [2.05, 4.69) is 40.8 Å². The molecule has 0 unspecified atom stereocenters. The number of rotatable bonds is 18. The summed E-state index contributed by atoms with van der Waals surface area (Å²) in [6, 6.07) is 10.6. The molecule has 0 radical (unpaired) electrons. The highest BCUT2D eigenvalue weighted by Crippen LogP contribution is 2.43. The molecule has 1 aliphatic rings. The number of phenols is 1. The van der Waals surface area contributed by atoms with Crippen LogP contribution in [0.2, 0.25) is 18.1 Å². The predicted molar refractivity (Wildman–Crippen MR) is 178 cm³/mol. The second kappa shape index (κ2) is 16.0. The lowest BCUT2D eigenvalue weighted by molar-refractivity contribution is 0.0777. The van der Waals surface area contributed by atoms with Gasteiger partial charge in [-0.15, -0.1) is 0 Å². The molecule has 2 amide bonds. The third kappa shape index (κ3) is 9.37. The number of fused-ring (bicyclic) bond motifs is 1. The number of aryl methyl sites for hydroxylation is 1. The molecule has 0 aromatic heterocycles. The first-order valence-electron chi connectivity index (χ1n) is 16.2. The van der Waals surface area contributed by atoms with Crippen molar-refractivity contribution in [1.29, 1.82) is 0 Å². The number of hydrogen-bond acceptors (Lipinski definition) is 5. The normalized spacial score (nSPS) is 13.6. The van der Waals surface area contributed by atoms with Crippen molar-refractivity contribution >= 4 is 32.1 Å². The van der Waals surface area contributed by atoms with Crippen molar-refractivity contribution < 1.29 is 19.1 Å². The van der Waals surface area contributed by atoms with Gasteiger partial charge in [-0.2, -0.15) is 0 Å². The molecule has 0 saturated heterocycles. The summed E-state index contributed by atoms with van der Waals surface area (Å²) < 4.78 is 7.73. The van der Waals surface area contributed by atoms with Crippen LogP contribution in [0.15, 0.2) is 41.3 Å². The zero-order valence-electron chi connectivity index (χ0n) is 26.9. The molecule has 0 saturated carbocycles. The average Bonchev–Trinajstić information content (AvgIpc) is 3.17. The average molecular weight is 612 g/mol. The van der Waals surface area contributed by atoms with Crippen molar-refractivity contribution in [2.45, 2.75) is 141 Å². The summed E-state index contributed by atoms with van der Waals surface area (Å²) in [5, 5.41) is 11.2. The van der Waals surface area contributed by atoms with Gasteiger partial charge >= 0.3 is 0 Å². The van der Waals surface area contributed by atoms with Gasteiger partial charge in [-0.25, -0.2) is 4.31 Å². The quantitative estimate of drug-likeness (QED) is 0.0786. The number of imide groups is 1. The summed E-state index contributed by atoms with van der Waals surface area (Å²) >= 11 is 1.03. The van der Waals surface area contributed by atoms with E-state index in [-0.39, 0.29) is 22.6 Å². The lowest BCUT2D eigenvalue weighted by atomic mass is 10.0. The standard InChI is InChI=1S/C35H53NO4SSi/c1-7-8-9-10-11-12-13-14-15-16-17-18-19-22-27-25-28(40-42(5,6)35(2,3)4)26-31(37)32(27)41-36-33(38)29-23-20-21-24-30(29)34(36)39/h20-21,23-26,37H,7-19,22H2,1-6H3. The van der Waals surface area contributed by atoms with Crippen molar-refractivity contribution in [3.63, 3.8) is 0 Å². The topological polar surface area (TPSA) is 66.8 Å². The lowest BCUT2D eigenvalue weighted by Crippen LogP contribution is -2.43. The van der Waals surface area contributed by atoms with Crippen LogP contribution < -0.4 is 4.43 Å². The third-order valence-corrected chi connectivity index (χ3v) is 14.3. The van der Waals surface area contributed by atoms with Crippen LogP contribution in [0.4, 0.5) is 0 Å². The highest BCUT2D eigenvalue weighted by molar-refractivity contribution is 7.98. The van der Waals surface area contributed by atoms with Gasteiger partial charge in [0.2, 0.25) is 8.32 Å². The van der Waals surface area contributed by atoms with Crippen LogP contribution in [0.1, 0.15) is 137 Å². The van der Waals surface area contributed by atoms with E-state index in [0.717, 1.165) is 36.8 Å². The Kier molecular flexibility index (Phi) is 13.0. The van der Waals surface area contributed by atoms with Gasteiger partial charge in [-0.05, 0) is 54.7 Å². The first-order chi connectivity index (χ1) is 20.0. The maximum absolute atomic E-state index is 13.1. The summed E-state index contributed by atoms with van der Waals surface area (Å²) in [6.07, 6.45) is 17.5. The number of phenolic OH excluding ortho intramolecular Hbond substituents is 1. The van der Waals surface area contributed by atoms with Gasteiger partial charge in [0.25, 0.3) is 11.8 Å². The molecule has 42 heavy (non-hydrogen) atoms. The minimum absolute atomic E-state index is 0.0193. The predicted octanol–water partition coefficient (Wildman–Crippen LogP) is 10.7. The Morgan fingerprint density at radius 2 is 1.26 bits per heavy atom. The number of carbonyl (C=O) groups excluding carboxylic acids is 2. The van der Waals surface area contributed by atoms with Crippen molar-refractivity contribution in [2.24, 2.45) is 0 Å². The fraction of sp³-hybridized carbons (Fsp3) is 0.600. The van der Waals surface area contributed by atoms with E-state index in [1.807, 2.05) is 6.07 Å². The van der Waals surface area contributed by atoms with E-state index in [9.17, 15) is 14.7 Å². The number of nitrogens with zero attached hydrogens (tertiary/aromatic N) is 1.